The van der Waals surface area contributed by atoms with Crippen molar-refractivity contribution in [3.63, 3.8) is 0 Å². The van der Waals surface area contributed by atoms with Crippen LogP contribution in [0.2, 0.25) is 0 Å². The maximum absolute atomic E-state index is 12.7. The van der Waals surface area contributed by atoms with Crippen LogP contribution < -0.4 is 10.1 Å². The molecule has 10 heteroatoms. The fourth-order valence-electron chi connectivity index (χ4n) is 5.60. The molecule has 1 amide bonds. The summed E-state index contributed by atoms with van der Waals surface area (Å²) >= 11 is 0. The molecule has 1 aliphatic rings. The SMILES string of the molecule is COc1cc(C(=O)NCCN(C)C)ccc1Cc1ncc2c(n1)-c1c(nn(C)c1-c1ccc(-c3cnn(C)c3)cc1)CC2. The second-order valence-corrected chi connectivity index (χ2v) is 11.2. The number of hydrogen-bond donors (Lipinski definition) is 1. The van der Waals surface area contributed by atoms with E-state index in [1.54, 1.807) is 13.2 Å². The fraction of sp³-hybridized carbons (Fsp3) is 0.303. The van der Waals surface area contributed by atoms with Gasteiger partial charge in [0.15, 0.2) is 0 Å². The van der Waals surface area contributed by atoms with E-state index in [1.165, 1.54) is 0 Å². The van der Waals surface area contributed by atoms with Crippen LogP contribution in [0, 0.1) is 0 Å². The number of aryl methyl sites for hydroxylation is 4. The van der Waals surface area contributed by atoms with Crippen LogP contribution >= 0.6 is 0 Å². The van der Waals surface area contributed by atoms with Crippen molar-refractivity contribution < 1.29 is 9.53 Å². The van der Waals surface area contributed by atoms with Crippen LogP contribution in [-0.4, -0.2) is 74.6 Å². The van der Waals surface area contributed by atoms with Gasteiger partial charge in [-0.05, 0) is 50.2 Å². The zero-order valence-electron chi connectivity index (χ0n) is 25.3. The van der Waals surface area contributed by atoms with Gasteiger partial charge >= 0.3 is 0 Å². The summed E-state index contributed by atoms with van der Waals surface area (Å²) in [5.74, 6) is 1.20. The van der Waals surface area contributed by atoms with E-state index in [2.05, 4.69) is 34.7 Å². The Morgan fingerprint density at radius 2 is 1.81 bits per heavy atom. The molecule has 2 aromatic carbocycles. The zero-order chi connectivity index (χ0) is 30.1. The van der Waals surface area contributed by atoms with Gasteiger partial charge in [-0.25, -0.2) is 9.97 Å². The molecule has 0 aliphatic heterocycles. The van der Waals surface area contributed by atoms with Gasteiger partial charge in [-0.2, -0.15) is 10.2 Å². The summed E-state index contributed by atoms with van der Waals surface area (Å²) in [5, 5.41) is 12.1. The average molecular weight is 577 g/mol. The van der Waals surface area contributed by atoms with E-state index in [0.717, 1.165) is 69.8 Å². The van der Waals surface area contributed by atoms with E-state index in [0.29, 0.717) is 30.1 Å². The lowest BCUT2D eigenvalue weighted by Crippen LogP contribution is -2.31. The van der Waals surface area contributed by atoms with E-state index in [9.17, 15) is 4.79 Å². The van der Waals surface area contributed by atoms with Crippen LogP contribution in [0.4, 0.5) is 0 Å². The van der Waals surface area contributed by atoms with Gasteiger partial charge in [0.2, 0.25) is 0 Å². The first-order chi connectivity index (χ1) is 20.8. The van der Waals surface area contributed by atoms with Crippen LogP contribution in [-0.2, 0) is 33.4 Å². The Morgan fingerprint density at radius 3 is 2.53 bits per heavy atom. The van der Waals surface area contributed by atoms with Gasteiger partial charge in [0.05, 0.1) is 30.4 Å². The van der Waals surface area contributed by atoms with Gasteiger partial charge in [0.25, 0.3) is 5.91 Å². The van der Waals surface area contributed by atoms with Crippen LogP contribution in [0.3, 0.4) is 0 Å². The number of carbonyl (C=O) groups excluding carboxylic acids is 1. The highest BCUT2D eigenvalue weighted by atomic mass is 16.5. The van der Waals surface area contributed by atoms with Gasteiger partial charge in [0, 0.05) is 73.8 Å². The second kappa shape index (κ2) is 11.8. The number of aromatic nitrogens is 6. The van der Waals surface area contributed by atoms with Gasteiger partial charge in [-0.1, -0.05) is 30.3 Å². The van der Waals surface area contributed by atoms with Crippen molar-refractivity contribution in [1.82, 2.24) is 39.7 Å². The van der Waals surface area contributed by atoms with Gasteiger partial charge < -0.3 is 15.0 Å². The zero-order valence-corrected chi connectivity index (χ0v) is 25.3. The molecule has 0 atom stereocenters. The minimum absolute atomic E-state index is 0.123. The summed E-state index contributed by atoms with van der Waals surface area (Å²) in [4.78, 5) is 24.5. The van der Waals surface area contributed by atoms with E-state index in [1.807, 2.05) is 73.2 Å². The Kier molecular flexibility index (Phi) is 7.77. The monoisotopic (exact) mass is 576 g/mol. The predicted molar refractivity (Wildman–Crippen MR) is 166 cm³/mol. The molecule has 1 N–H and O–H groups in total. The standard InChI is InChI=1S/C33H36N8O2/c1-39(2)15-14-34-33(42)24-11-10-23(28(16-24)43-5)17-29-35-18-25-12-13-27-30(31(25)37-29)32(41(4)38-27)22-8-6-21(7-9-22)26-19-36-40(3)20-26/h6-11,16,18-20H,12-15,17H2,1-5H3,(H,34,42). The number of methoxy groups -OCH3 is 1. The van der Waals surface area contributed by atoms with Crippen molar-refractivity contribution in [2.45, 2.75) is 19.3 Å². The lowest BCUT2D eigenvalue weighted by atomic mass is 9.91. The second-order valence-electron chi connectivity index (χ2n) is 11.2. The minimum atomic E-state index is -0.123. The molecule has 6 rings (SSSR count). The molecular weight excluding hydrogens is 540 g/mol. The van der Waals surface area contributed by atoms with E-state index in [4.69, 9.17) is 19.8 Å². The molecule has 0 saturated carbocycles. The molecule has 1 aliphatic carbocycles. The first-order valence-corrected chi connectivity index (χ1v) is 14.4. The Morgan fingerprint density at radius 1 is 1.02 bits per heavy atom. The molecule has 0 fully saturated rings. The molecule has 0 radical (unpaired) electrons. The highest BCUT2D eigenvalue weighted by Crippen LogP contribution is 2.40. The Bertz CT molecular complexity index is 1790. The third kappa shape index (κ3) is 5.78. The Labute approximate surface area is 251 Å². The number of nitrogens with zero attached hydrogens (tertiary/aromatic N) is 7. The minimum Gasteiger partial charge on any atom is -0.496 e. The quantitative estimate of drug-likeness (QED) is 0.284. The molecular formula is C33H36N8O2. The number of ether oxygens (including phenoxy) is 1. The summed E-state index contributed by atoms with van der Waals surface area (Å²) < 4.78 is 9.45. The van der Waals surface area contributed by atoms with Crippen LogP contribution in [0.5, 0.6) is 5.75 Å². The number of amides is 1. The number of likely N-dealkylation sites (N-methyl/N-ethyl adjacent to an activating group) is 1. The number of hydrogen-bond acceptors (Lipinski definition) is 7. The summed E-state index contributed by atoms with van der Waals surface area (Å²) in [6.45, 7) is 1.35. The lowest BCUT2D eigenvalue weighted by molar-refractivity contribution is 0.0950. The molecule has 220 valence electrons. The van der Waals surface area contributed by atoms with Crippen molar-refractivity contribution in [2.75, 3.05) is 34.3 Å². The smallest absolute Gasteiger partial charge is 0.251 e. The molecule has 10 nitrogen and oxygen atoms in total. The van der Waals surface area contributed by atoms with E-state index < -0.39 is 0 Å². The fourth-order valence-corrected chi connectivity index (χ4v) is 5.60. The van der Waals surface area contributed by atoms with Crippen LogP contribution in [0.1, 0.15) is 33.0 Å². The normalized spacial score (nSPS) is 12.2. The molecule has 3 heterocycles. The third-order valence-electron chi connectivity index (χ3n) is 7.84. The highest BCUT2D eigenvalue weighted by molar-refractivity contribution is 5.94. The third-order valence-corrected chi connectivity index (χ3v) is 7.84. The topological polar surface area (TPSA) is 103 Å². The van der Waals surface area contributed by atoms with Gasteiger partial charge in [-0.15, -0.1) is 0 Å². The number of rotatable bonds is 9. The van der Waals surface area contributed by atoms with Crippen molar-refractivity contribution in [1.29, 1.82) is 0 Å². The molecule has 3 aromatic heterocycles. The molecule has 5 aromatic rings. The Balaban J connectivity index is 1.29. The number of fused-ring (bicyclic) bond motifs is 3. The lowest BCUT2D eigenvalue weighted by Gasteiger charge is -2.17. The van der Waals surface area contributed by atoms with Crippen LogP contribution in [0.15, 0.2) is 61.1 Å². The number of nitrogens with one attached hydrogen (secondary N) is 1. The van der Waals surface area contributed by atoms with Gasteiger partial charge in [0.1, 0.15) is 11.6 Å². The summed E-state index contributed by atoms with van der Waals surface area (Å²) in [5.41, 5.74) is 9.97. The highest BCUT2D eigenvalue weighted by Gasteiger charge is 2.27. The van der Waals surface area contributed by atoms with Crippen molar-refractivity contribution >= 4 is 5.91 Å². The maximum Gasteiger partial charge on any atom is 0.251 e. The van der Waals surface area contributed by atoms with Crippen LogP contribution in [0.25, 0.3) is 33.6 Å². The summed E-state index contributed by atoms with van der Waals surface area (Å²) in [6.07, 6.45) is 8.00. The number of benzene rings is 2. The Hall–Kier alpha value is -4.83. The molecule has 0 saturated heterocycles. The molecule has 43 heavy (non-hydrogen) atoms. The first-order valence-electron chi connectivity index (χ1n) is 14.4. The van der Waals surface area contributed by atoms with E-state index in [-0.39, 0.29) is 5.91 Å². The average Bonchev–Trinajstić information content (AvgIpc) is 3.59. The molecule has 0 bridgehead atoms. The first kappa shape index (κ1) is 28.3. The molecule has 0 spiro atoms. The van der Waals surface area contributed by atoms with Crippen molar-refractivity contribution in [3.05, 3.63) is 89.3 Å². The maximum atomic E-state index is 12.7. The summed E-state index contributed by atoms with van der Waals surface area (Å²) in [6, 6.07) is 14.1. The number of carbonyl (C=O) groups is 1. The van der Waals surface area contributed by atoms with Gasteiger partial charge in [-0.3, -0.25) is 14.2 Å². The molecule has 0 unspecified atom stereocenters. The van der Waals surface area contributed by atoms with Crippen molar-refractivity contribution in [3.8, 4) is 39.4 Å². The largest absolute Gasteiger partial charge is 0.496 e. The van der Waals surface area contributed by atoms with Crippen molar-refractivity contribution in [2.24, 2.45) is 14.1 Å². The van der Waals surface area contributed by atoms with E-state index >= 15 is 0 Å². The predicted octanol–water partition coefficient (Wildman–Crippen LogP) is 3.93. The summed E-state index contributed by atoms with van der Waals surface area (Å²) in [7, 11) is 9.49.